The topological polar surface area (TPSA) is 29.9 Å². The van der Waals surface area contributed by atoms with Crippen LogP contribution in [0.25, 0.3) is 5.69 Å². The minimum atomic E-state index is -0.283. The number of hydrogen-bond acceptors (Lipinski definition) is 2. The normalized spacial score (nSPS) is 10.7. The molecule has 0 unspecified atom stereocenters. The number of aromatic nitrogens is 2. The summed E-state index contributed by atoms with van der Waals surface area (Å²) in [6.07, 6.45) is 3.16. The van der Waals surface area contributed by atoms with E-state index in [1.165, 1.54) is 18.3 Å². The monoisotopic (exact) mass is 239 g/mol. The molecule has 3 nitrogen and oxygen atoms in total. The first-order valence-corrected chi connectivity index (χ1v) is 5.21. The van der Waals surface area contributed by atoms with Crippen molar-refractivity contribution in [3.8, 4) is 5.69 Å². The lowest BCUT2D eigenvalue weighted by molar-refractivity contribution is 0.621. The van der Waals surface area contributed by atoms with Gasteiger partial charge in [-0.25, -0.2) is 9.07 Å². The van der Waals surface area contributed by atoms with E-state index in [2.05, 4.69) is 10.4 Å². The molecule has 0 saturated carbocycles. The quantitative estimate of drug-likeness (QED) is 0.891. The molecular formula is C11H11ClFN3. The molecule has 2 rings (SSSR count). The Bertz CT molecular complexity index is 496. The first-order chi connectivity index (χ1) is 7.69. The van der Waals surface area contributed by atoms with Gasteiger partial charge in [-0.2, -0.15) is 5.10 Å². The van der Waals surface area contributed by atoms with Crippen molar-refractivity contribution in [3.63, 3.8) is 0 Å². The molecule has 0 fully saturated rings. The molecule has 1 N–H and O–H groups in total. The summed E-state index contributed by atoms with van der Waals surface area (Å²) >= 11 is 5.76. The van der Waals surface area contributed by atoms with Crippen molar-refractivity contribution >= 4 is 11.6 Å². The Labute approximate surface area is 97.8 Å². The Balaban J connectivity index is 2.40. The third kappa shape index (κ3) is 2.40. The average molecular weight is 240 g/mol. The van der Waals surface area contributed by atoms with Crippen molar-refractivity contribution in [2.75, 3.05) is 7.05 Å². The van der Waals surface area contributed by atoms with E-state index in [4.69, 9.17) is 11.6 Å². The van der Waals surface area contributed by atoms with Crippen LogP contribution < -0.4 is 5.32 Å². The van der Waals surface area contributed by atoms with Crippen LogP contribution in [-0.2, 0) is 6.54 Å². The van der Waals surface area contributed by atoms with Crippen LogP contribution in [0.2, 0.25) is 5.02 Å². The lowest BCUT2D eigenvalue weighted by Crippen LogP contribution is -2.06. The summed E-state index contributed by atoms with van der Waals surface area (Å²) in [6, 6.07) is 4.77. The molecule has 1 aromatic carbocycles. The molecule has 1 aromatic heterocycles. The summed E-state index contributed by atoms with van der Waals surface area (Å²) < 4.78 is 14.9. The number of nitrogens with one attached hydrogen (secondary N) is 1. The zero-order chi connectivity index (χ0) is 11.5. The first kappa shape index (κ1) is 11.1. The Morgan fingerprint density at radius 3 is 2.88 bits per heavy atom. The van der Waals surface area contributed by atoms with Crippen LogP contribution in [0.1, 0.15) is 5.56 Å². The summed E-state index contributed by atoms with van der Waals surface area (Å²) in [5.74, 6) is -0.283. The Hall–Kier alpha value is -1.39. The zero-order valence-corrected chi connectivity index (χ0v) is 9.50. The average Bonchev–Trinajstić information content (AvgIpc) is 2.64. The maximum atomic E-state index is 13.3. The molecule has 0 aliphatic carbocycles. The molecule has 5 heteroatoms. The largest absolute Gasteiger partial charge is 0.316 e. The van der Waals surface area contributed by atoms with Crippen molar-refractivity contribution in [2.24, 2.45) is 0 Å². The molecule has 1 heterocycles. The molecule has 84 valence electrons. The lowest BCUT2D eigenvalue weighted by Gasteiger charge is -2.05. The van der Waals surface area contributed by atoms with Gasteiger partial charge in [-0.1, -0.05) is 11.6 Å². The van der Waals surface area contributed by atoms with E-state index in [0.717, 1.165) is 5.56 Å². The number of rotatable bonds is 3. The van der Waals surface area contributed by atoms with Gasteiger partial charge < -0.3 is 5.32 Å². The zero-order valence-electron chi connectivity index (χ0n) is 8.74. The molecular weight excluding hydrogens is 229 g/mol. The van der Waals surface area contributed by atoms with E-state index in [0.29, 0.717) is 17.3 Å². The lowest BCUT2D eigenvalue weighted by atomic mass is 10.2. The van der Waals surface area contributed by atoms with Crippen molar-refractivity contribution in [3.05, 3.63) is 47.0 Å². The summed E-state index contributed by atoms with van der Waals surface area (Å²) in [4.78, 5) is 0. The fraction of sp³-hybridized carbons (Fsp3) is 0.182. The molecule has 16 heavy (non-hydrogen) atoms. The number of halogens is 2. The van der Waals surface area contributed by atoms with Gasteiger partial charge in [-0.15, -0.1) is 0 Å². The van der Waals surface area contributed by atoms with Crippen LogP contribution in [0.3, 0.4) is 0 Å². The van der Waals surface area contributed by atoms with Crippen LogP contribution in [0.15, 0.2) is 30.6 Å². The molecule has 0 atom stereocenters. The van der Waals surface area contributed by atoms with Gasteiger partial charge in [0.05, 0.1) is 16.9 Å². The van der Waals surface area contributed by atoms with Gasteiger partial charge >= 0.3 is 0 Å². The third-order valence-electron chi connectivity index (χ3n) is 2.14. The second-order valence-electron chi connectivity index (χ2n) is 3.45. The summed E-state index contributed by atoms with van der Waals surface area (Å²) in [5.41, 5.74) is 1.53. The maximum Gasteiger partial charge on any atom is 0.125 e. The van der Waals surface area contributed by atoms with E-state index >= 15 is 0 Å². The molecule has 0 spiro atoms. The van der Waals surface area contributed by atoms with Gasteiger partial charge in [-0.05, 0) is 30.8 Å². The Kier molecular flexibility index (Phi) is 3.22. The summed E-state index contributed by atoms with van der Waals surface area (Å²) in [5, 5.41) is 7.53. The molecule has 0 radical (unpaired) electrons. The van der Waals surface area contributed by atoms with E-state index in [-0.39, 0.29) is 5.82 Å². The fourth-order valence-corrected chi connectivity index (χ4v) is 1.65. The standard InChI is InChI=1S/C11H11ClFN3/c1-14-5-8-2-10(13)4-11(3-8)16-7-9(12)6-15-16/h2-4,6-7,14H,5H2,1H3. The van der Waals surface area contributed by atoms with Gasteiger partial charge in [0.25, 0.3) is 0 Å². The van der Waals surface area contributed by atoms with Crippen LogP contribution in [-0.4, -0.2) is 16.8 Å². The van der Waals surface area contributed by atoms with E-state index in [1.807, 2.05) is 13.1 Å². The highest BCUT2D eigenvalue weighted by Gasteiger charge is 2.03. The molecule has 0 aliphatic rings. The van der Waals surface area contributed by atoms with E-state index < -0.39 is 0 Å². The van der Waals surface area contributed by atoms with Crippen molar-refractivity contribution in [2.45, 2.75) is 6.54 Å². The predicted octanol–water partition coefficient (Wildman–Crippen LogP) is 2.38. The SMILES string of the molecule is CNCc1cc(F)cc(-n2cc(Cl)cn2)c1. The van der Waals surface area contributed by atoms with Crippen molar-refractivity contribution < 1.29 is 4.39 Å². The van der Waals surface area contributed by atoms with Gasteiger partial charge in [-0.3, -0.25) is 0 Å². The molecule has 0 amide bonds. The molecule has 0 aliphatic heterocycles. The first-order valence-electron chi connectivity index (χ1n) is 4.83. The maximum absolute atomic E-state index is 13.3. The third-order valence-corrected chi connectivity index (χ3v) is 2.33. The molecule has 0 bridgehead atoms. The fourth-order valence-electron chi connectivity index (χ4n) is 1.51. The second kappa shape index (κ2) is 4.63. The van der Waals surface area contributed by atoms with Crippen LogP contribution in [0, 0.1) is 5.82 Å². The van der Waals surface area contributed by atoms with E-state index in [9.17, 15) is 4.39 Å². The van der Waals surface area contributed by atoms with Gasteiger partial charge in [0, 0.05) is 12.7 Å². The number of nitrogens with zero attached hydrogens (tertiary/aromatic N) is 2. The summed E-state index contributed by atoms with van der Waals surface area (Å²) in [6.45, 7) is 0.611. The molecule has 0 saturated heterocycles. The highest BCUT2D eigenvalue weighted by molar-refractivity contribution is 6.30. The van der Waals surface area contributed by atoms with Crippen LogP contribution in [0.5, 0.6) is 0 Å². The summed E-state index contributed by atoms with van der Waals surface area (Å²) in [7, 11) is 1.81. The highest BCUT2D eigenvalue weighted by atomic mass is 35.5. The Morgan fingerprint density at radius 2 is 2.25 bits per heavy atom. The van der Waals surface area contributed by atoms with Crippen LogP contribution in [0.4, 0.5) is 4.39 Å². The number of benzene rings is 1. The molecule has 2 aromatic rings. The second-order valence-corrected chi connectivity index (χ2v) is 3.89. The smallest absolute Gasteiger partial charge is 0.125 e. The van der Waals surface area contributed by atoms with Crippen molar-refractivity contribution in [1.29, 1.82) is 0 Å². The highest BCUT2D eigenvalue weighted by Crippen LogP contribution is 2.15. The Morgan fingerprint density at radius 1 is 1.44 bits per heavy atom. The van der Waals surface area contributed by atoms with Crippen LogP contribution >= 0.6 is 11.6 Å². The van der Waals surface area contributed by atoms with E-state index in [1.54, 1.807) is 10.9 Å². The number of hydrogen-bond donors (Lipinski definition) is 1. The van der Waals surface area contributed by atoms with Gasteiger partial charge in [0.2, 0.25) is 0 Å². The minimum Gasteiger partial charge on any atom is -0.316 e. The van der Waals surface area contributed by atoms with Gasteiger partial charge in [0.15, 0.2) is 0 Å². The van der Waals surface area contributed by atoms with Gasteiger partial charge in [0.1, 0.15) is 5.82 Å². The minimum absolute atomic E-state index is 0.283. The predicted molar refractivity (Wildman–Crippen MR) is 61.3 cm³/mol. The van der Waals surface area contributed by atoms with Crippen molar-refractivity contribution in [1.82, 2.24) is 15.1 Å².